The van der Waals surface area contributed by atoms with Crippen LogP contribution in [0.3, 0.4) is 0 Å². The van der Waals surface area contributed by atoms with Crippen LogP contribution in [0.15, 0.2) is 24.3 Å². The molecule has 37 heavy (non-hydrogen) atoms. The fraction of sp³-hybridized carbons (Fsp3) is 0.480. The number of tetrazole rings is 1. The summed E-state index contributed by atoms with van der Waals surface area (Å²) in [5, 5.41) is 17.9. The zero-order valence-corrected chi connectivity index (χ0v) is 22.2. The summed E-state index contributed by atoms with van der Waals surface area (Å²) < 4.78 is 42.4. The Balaban J connectivity index is 1.83. The number of rotatable bonds is 8. The first-order valence-corrected chi connectivity index (χ1v) is 12.1. The number of aromatic nitrogens is 7. The monoisotopic (exact) mass is 515 g/mol. The maximum Gasteiger partial charge on any atom is 0.416 e. The van der Waals surface area contributed by atoms with Crippen LogP contribution >= 0.6 is 0 Å². The lowest BCUT2D eigenvalue weighted by Gasteiger charge is -2.30. The average Bonchev–Trinajstić information content (AvgIpc) is 3.35. The number of hydrogen-bond donors (Lipinski definition) is 0. The van der Waals surface area contributed by atoms with Crippen molar-refractivity contribution < 1.29 is 13.2 Å². The maximum absolute atomic E-state index is 13.5. The summed E-state index contributed by atoms with van der Waals surface area (Å²) in [7, 11) is 3.52. The highest BCUT2D eigenvalue weighted by Crippen LogP contribution is 2.32. The fourth-order valence-electron chi connectivity index (χ4n) is 4.64. The van der Waals surface area contributed by atoms with Crippen molar-refractivity contribution in [2.24, 2.45) is 14.1 Å². The largest absolute Gasteiger partial charge is 0.416 e. The number of nitrogens with zero attached hydrogens (tertiary/aromatic N) is 9. The number of fused-ring (bicyclic) bond motifs is 1. The van der Waals surface area contributed by atoms with Gasteiger partial charge in [-0.25, -0.2) is 4.98 Å². The highest BCUT2D eigenvalue weighted by Gasteiger charge is 2.31. The lowest BCUT2D eigenvalue weighted by molar-refractivity contribution is -0.137. The van der Waals surface area contributed by atoms with Crippen LogP contribution in [-0.4, -0.2) is 47.6 Å². The minimum absolute atomic E-state index is 0.160. The quantitative estimate of drug-likeness (QED) is 0.340. The molecule has 0 spiro atoms. The topological polar surface area (TPSA) is 80.8 Å². The molecule has 0 aliphatic heterocycles. The molecule has 0 saturated heterocycles. The standard InChI is InChI=1S/C25H32F3N9/c1-8-37(15(2)3)22-19(12-21-17(5)31-34(6)23(21)29-22)14-36(24-30-33-35(7)32-24)13-18-9-16(4)10-20(11-18)25(26,27)28/h9-12,15H,8,13-14H2,1-7H3. The normalized spacial score (nSPS) is 12.1. The third-order valence-corrected chi connectivity index (χ3v) is 6.27. The van der Waals surface area contributed by atoms with E-state index in [9.17, 15) is 13.2 Å². The van der Waals surface area contributed by atoms with E-state index in [1.165, 1.54) is 10.9 Å². The van der Waals surface area contributed by atoms with Crippen LogP contribution in [0, 0.1) is 13.8 Å². The smallest absolute Gasteiger partial charge is 0.354 e. The number of hydrogen-bond acceptors (Lipinski definition) is 7. The third kappa shape index (κ3) is 5.52. The molecule has 0 saturated carbocycles. The number of anilines is 2. The van der Waals surface area contributed by atoms with Gasteiger partial charge in [0.2, 0.25) is 0 Å². The predicted molar refractivity (Wildman–Crippen MR) is 136 cm³/mol. The van der Waals surface area contributed by atoms with Crippen molar-refractivity contribution in [1.82, 2.24) is 35.0 Å². The molecule has 4 aromatic rings. The van der Waals surface area contributed by atoms with E-state index in [2.05, 4.69) is 52.2 Å². The highest BCUT2D eigenvalue weighted by atomic mass is 19.4. The van der Waals surface area contributed by atoms with Gasteiger partial charge in [-0.2, -0.15) is 23.1 Å². The van der Waals surface area contributed by atoms with E-state index in [4.69, 9.17) is 4.98 Å². The van der Waals surface area contributed by atoms with Gasteiger partial charge in [-0.15, -0.1) is 5.10 Å². The van der Waals surface area contributed by atoms with E-state index in [-0.39, 0.29) is 12.6 Å². The Morgan fingerprint density at radius 1 is 1.00 bits per heavy atom. The summed E-state index contributed by atoms with van der Waals surface area (Å²) in [5.74, 6) is 1.11. The van der Waals surface area contributed by atoms with Crippen LogP contribution in [0.5, 0.6) is 0 Å². The number of halogens is 3. The summed E-state index contributed by atoms with van der Waals surface area (Å²) in [6, 6.07) is 6.32. The lowest BCUT2D eigenvalue weighted by Crippen LogP contribution is -2.33. The van der Waals surface area contributed by atoms with Gasteiger partial charge in [0, 0.05) is 43.7 Å². The SMILES string of the molecule is CCN(c1nc2c(cc1CN(Cc1cc(C)cc(C(F)(F)F)c1)c1nnn(C)n1)c(C)nn2C)C(C)C. The summed E-state index contributed by atoms with van der Waals surface area (Å²) in [6.07, 6.45) is -4.44. The summed E-state index contributed by atoms with van der Waals surface area (Å²) in [6.45, 7) is 11.1. The zero-order valence-electron chi connectivity index (χ0n) is 22.2. The van der Waals surface area contributed by atoms with Crippen molar-refractivity contribution in [2.75, 3.05) is 16.3 Å². The van der Waals surface area contributed by atoms with Crippen molar-refractivity contribution in [3.05, 3.63) is 52.2 Å². The molecule has 3 aromatic heterocycles. The molecule has 0 N–H and O–H groups in total. The molecule has 12 heteroatoms. The van der Waals surface area contributed by atoms with Crippen LogP contribution in [-0.2, 0) is 33.4 Å². The molecule has 9 nitrogen and oxygen atoms in total. The van der Waals surface area contributed by atoms with Crippen molar-refractivity contribution in [3.8, 4) is 0 Å². The van der Waals surface area contributed by atoms with Gasteiger partial charge in [0.05, 0.1) is 18.3 Å². The van der Waals surface area contributed by atoms with E-state index in [0.717, 1.165) is 40.7 Å². The molecule has 198 valence electrons. The molecule has 0 bridgehead atoms. The van der Waals surface area contributed by atoms with E-state index < -0.39 is 11.7 Å². The molecule has 1 aromatic carbocycles. The predicted octanol–water partition coefficient (Wildman–Crippen LogP) is 4.57. The van der Waals surface area contributed by atoms with Gasteiger partial charge in [-0.05, 0) is 63.6 Å². The van der Waals surface area contributed by atoms with Crippen LogP contribution in [0.1, 0.15) is 48.7 Å². The average molecular weight is 516 g/mol. The number of benzene rings is 1. The molecular formula is C25H32F3N9. The zero-order chi connectivity index (χ0) is 27.1. The Kier molecular flexibility index (Phi) is 7.11. The molecule has 0 unspecified atom stereocenters. The summed E-state index contributed by atoms with van der Waals surface area (Å²) >= 11 is 0. The molecule has 0 aliphatic rings. The highest BCUT2D eigenvalue weighted by molar-refractivity contribution is 5.81. The molecular weight excluding hydrogens is 483 g/mol. The van der Waals surface area contributed by atoms with Gasteiger partial charge in [0.1, 0.15) is 5.82 Å². The molecule has 4 rings (SSSR count). The Morgan fingerprint density at radius 2 is 1.73 bits per heavy atom. The number of alkyl halides is 3. The minimum Gasteiger partial charge on any atom is -0.354 e. The second-order valence-corrected chi connectivity index (χ2v) is 9.57. The number of aryl methyl sites for hydroxylation is 4. The number of pyridine rings is 1. The molecule has 3 heterocycles. The van der Waals surface area contributed by atoms with Crippen LogP contribution in [0.4, 0.5) is 24.9 Å². The lowest BCUT2D eigenvalue weighted by atomic mass is 10.1. The van der Waals surface area contributed by atoms with Crippen molar-refractivity contribution in [2.45, 2.75) is 59.9 Å². The van der Waals surface area contributed by atoms with Crippen molar-refractivity contribution >= 4 is 22.8 Å². The second-order valence-electron chi connectivity index (χ2n) is 9.57. The van der Waals surface area contributed by atoms with Gasteiger partial charge >= 0.3 is 6.18 Å². The summed E-state index contributed by atoms with van der Waals surface area (Å²) in [5.41, 5.74) is 2.88. The molecule has 0 radical (unpaired) electrons. The van der Waals surface area contributed by atoms with E-state index >= 15 is 0 Å². The molecule has 0 aliphatic carbocycles. The Morgan fingerprint density at radius 3 is 2.32 bits per heavy atom. The van der Waals surface area contributed by atoms with Gasteiger partial charge in [-0.1, -0.05) is 16.7 Å². The van der Waals surface area contributed by atoms with Crippen LogP contribution < -0.4 is 9.80 Å². The first-order chi connectivity index (χ1) is 17.4. The van der Waals surface area contributed by atoms with Crippen molar-refractivity contribution in [1.29, 1.82) is 0 Å². The first kappa shape index (κ1) is 26.4. The van der Waals surface area contributed by atoms with Gasteiger partial charge in [0.25, 0.3) is 5.95 Å². The minimum atomic E-state index is -4.44. The fourth-order valence-corrected chi connectivity index (χ4v) is 4.64. The van der Waals surface area contributed by atoms with Gasteiger partial charge < -0.3 is 9.80 Å². The van der Waals surface area contributed by atoms with E-state index in [1.807, 2.05) is 18.9 Å². The Bertz CT molecular complexity index is 1400. The maximum atomic E-state index is 13.5. The van der Waals surface area contributed by atoms with Gasteiger partial charge in [-0.3, -0.25) is 4.68 Å². The van der Waals surface area contributed by atoms with E-state index in [1.54, 1.807) is 24.7 Å². The Labute approximate surface area is 213 Å². The Hall–Kier alpha value is -3.70. The second kappa shape index (κ2) is 9.98. The van der Waals surface area contributed by atoms with Crippen LogP contribution in [0.25, 0.3) is 11.0 Å². The molecule has 0 atom stereocenters. The summed E-state index contributed by atoms with van der Waals surface area (Å²) in [4.78, 5) is 10.3. The van der Waals surface area contributed by atoms with Crippen LogP contribution in [0.2, 0.25) is 0 Å². The van der Waals surface area contributed by atoms with Crippen molar-refractivity contribution in [3.63, 3.8) is 0 Å². The molecule has 0 fully saturated rings. The van der Waals surface area contributed by atoms with E-state index in [0.29, 0.717) is 23.6 Å². The van der Waals surface area contributed by atoms with Gasteiger partial charge in [0.15, 0.2) is 5.65 Å². The molecule has 0 amide bonds. The third-order valence-electron chi connectivity index (χ3n) is 6.27. The first-order valence-electron chi connectivity index (χ1n) is 12.1.